The van der Waals surface area contributed by atoms with Crippen molar-refractivity contribution in [3.63, 3.8) is 0 Å². The van der Waals surface area contributed by atoms with E-state index in [1.165, 1.54) is 71.3 Å². The van der Waals surface area contributed by atoms with Gasteiger partial charge >= 0.3 is 0 Å². The zero-order valence-electron chi connectivity index (χ0n) is 50.5. The molecule has 17 rings (SSSR count). The van der Waals surface area contributed by atoms with E-state index in [0.29, 0.717) is 0 Å². The van der Waals surface area contributed by atoms with Crippen molar-refractivity contribution in [2.75, 3.05) is 19.6 Å². The lowest BCUT2D eigenvalue weighted by Gasteiger charge is -2.42. The van der Waals surface area contributed by atoms with E-state index in [1.807, 2.05) is 0 Å². The molecule has 0 aliphatic carbocycles. The highest BCUT2D eigenvalue weighted by atomic mass is 15.2. The first kappa shape index (κ1) is 54.0. The molecule has 0 unspecified atom stereocenters. The minimum Gasteiger partial charge on any atom is -0.311 e. The van der Waals surface area contributed by atoms with E-state index in [4.69, 9.17) is 0 Å². The molecule has 1 aliphatic heterocycles. The third kappa shape index (κ3) is 9.01. The number of nitrogens with zero attached hydrogens (tertiary/aromatic N) is 5. The first-order chi connectivity index (χ1) is 45.7. The van der Waals surface area contributed by atoms with Gasteiger partial charge in [-0.25, -0.2) is 0 Å². The Morgan fingerprint density at radius 2 is 0.511 bits per heavy atom. The zero-order chi connectivity index (χ0) is 61.0. The monoisotopic (exact) mass is 1180 g/mol. The number of fused-ring (bicyclic) bond motifs is 7. The Bertz CT molecular complexity index is 5060. The van der Waals surface area contributed by atoms with Crippen LogP contribution >= 0.6 is 0 Å². The molecule has 0 bridgehead atoms. The molecule has 0 atom stereocenters. The van der Waals surface area contributed by atoms with Gasteiger partial charge < -0.3 is 24.2 Å². The number of benzene rings is 15. The van der Waals surface area contributed by atoms with E-state index in [1.54, 1.807) is 0 Å². The molecule has 0 N–H and O–H groups in total. The second-order valence-electron chi connectivity index (χ2n) is 23.6. The number of anilines is 12. The summed E-state index contributed by atoms with van der Waals surface area (Å²) in [6, 6.07) is 135. The molecule has 2 heterocycles. The molecule has 92 heavy (non-hydrogen) atoms. The third-order valence-corrected chi connectivity index (χ3v) is 18.6. The smallest absolute Gasteiger partial charge is 0.0742 e. The molecule has 1 aliphatic rings. The molecular weight excluding hydrogens is 1110 g/mol. The van der Waals surface area contributed by atoms with Crippen LogP contribution < -0.4 is 19.6 Å². The standard InChI is InChI=1S/C87H61N5/c1-5-28-66(29-6-1)88(72-54-58-74(59-55-72)90(68-32-9-3-10-33-68)82-44-21-26-62-24-13-15-36-76(62)82)70-50-46-64(47-51-70)87(80-40-18-20-43-85(80)92-84-42-19-17-38-78(84)79-39-23-41-81(87)86(79)92)65-48-52-71(53-49-65)89(67-30-7-2-8-31-67)73-56-60-75(61-57-73)91(69-34-11-4-12-35-69)83-45-22-27-63-25-14-16-37-77(63)83/h1-61H. The van der Waals surface area contributed by atoms with Gasteiger partial charge in [0.15, 0.2) is 0 Å². The molecule has 5 nitrogen and oxygen atoms in total. The van der Waals surface area contributed by atoms with Gasteiger partial charge in [-0.3, -0.25) is 0 Å². The molecule has 16 aromatic rings. The normalized spacial score (nSPS) is 12.2. The molecule has 0 fully saturated rings. The summed E-state index contributed by atoms with van der Waals surface area (Å²) in [5, 5.41) is 7.27. The molecule has 0 spiro atoms. The minimum atomic E-state index is -0.749. The van der Waals surface area contributed by atoms with E-state index < -0.39 is 5.41 Å². The Balaban J connectivity index is 0.802. The predicted molar refractivity (Wildman–Crippen MR) is 386 cm³/mol. The Kier molecular flexibility index (Phi) is 13.4. The molecule has 0 amide bonds. The van der Waals surface area contributed by atoms with E-state index in [2.05, 4.69) is 394 Å². The average molecular weight is 1180 g/mol. The fraction of sp³-hybridized carbons (Fsp3) is 0.0115. The Morgan fingerprint density at radius 3 is 0.967 bits per heavy atom. The van der Waals surface area contributed by atoms with E-state index in [0.717, 1.165) is 68.2 Å². The van der Waals surface area contributed by atoms with Gasteiger partial charge in [0, 0.05) is 78.4 Å². The van der Waals surface area contributed by atoms with Crippen molar-refractivity contribution in [2.45, 2.75) is 5.41 Å². The van der Waals surface area contributed by atoms with Crippen molar-refractivity contribution in [2.24, 2.45) is 0 Å². The highest BCUT2D eigenvalue weighted by molar-refractivity contribution is 6.12. The number of para-hydroxylation sites is 7. The van der Waals surface area contributed by atoms with Crippen LogP contribution in [0.1, 0.15) is 22.3 Å². The van der Waals surface area contributed by atoms with Crippen LogP contribution in [-0.2, 0) is 5.41 Å². The van der Waals surface area contributed by atoms with E-state index in [-0.39, 0.29) is 0 Å². The maximum atomic E-state index is 2.51. The van der Waals surface area contributed by atoms with Gasteiger partial charge in [0.2, 0.25) is 0 Å². The lowest BCUT2D eigenvalue weighted by atomic mass is 9.63. The zero-order valence-corrected chi connectivity index (χ0v) is 50.5. The van der Waals surface area contributed by atoms with Gasteiger partial charge in [0.05, 0.1) is 33.5 Å². The van der Waals surface area contributed by atoms with Gasteiger partial charge in [0.1, 0.15) is 0 Å². The summed E-state index contributed by atoms with van der Waals surface area (Å²) in [7, 11) is 0. The first-order valence-corrected chi connectivity index (χ1v) is 31.6. The molecule has 0 saturated heterocycles. The molecular formula is C87H61N5. The van der Waals surface area contributed by atoms with Crippen molar-refractivity contribution in [3.8, 4) is 5.69 Å². The van der Waals surface area contributed by atoms with Gasteiger partial charge in [-0.1, -0.05) is 224 Å². The maximum Gasteiger partial charge on any atom is 0.0742 e. The van der Waals surface area contributed by atoms with E-state index >= 15 is 0 Å². The molecule has 1 aromatic heterocycles. The third-order valence-electron chi connectivity index (χ3n) is 18.6. The van der Waals surface area contributed by atoms with Gasteiger partial charge in [0.25, 0.3) is 0 Å². The maximum absolute atomic E-state index is 2.51. The topological polar surface area (TPSA) is 17.9 Å². The minimum absolute atomic E-state index is 0.749. The lowest BCUT2D eigenvalue weighted by Crippen LogP contribution is -2.35. The highest BCUT2D eigenvalue weighted by Gasteiger charge is 2.45. The molecule has 434 valence electrons. The van der Waals surface area contributed by atoms with Crippen LogP contribution in [0.5, 0.6) is 0 Å². The van der Waals surface area contributed by atoms with Crippen LogP contribution in [-0.4, -0.2) is 4.57 Å². The molecule has 5 heteroatoms. The SMILES string of the molecule is c1ccc(N(c2ccc(N(c3ccccc3)c3cccc4ccccc34)cc2)c2ccc(C3(c4ccc(N(c5ccccc5)c5ccc(N(c6ccccc6)c6cccc7ccccc67)cc5)cc4)c4ccccc4-n4c5ccccc5c5cccc3c54)cc2)cc1. The van der Waals surface area contributed by atoms with E-state index in [9.17, 15) is 0 Å². The van der Waals surface area contributed by atoms with Crippen LogP contribution in [0, 0.1) is 0 Å². The molecule has 15 aromatic carbocycles. The highest BCUT2D eigenvalue weighted by Crippen LogP contribution is 2.55. The number of hydrogen-bond acceptors (Lipinski definition) is 4. The Morgan fingerprint density at radius 1 is 0.207 bits per heavy atom. The van der Waals surface area contributed by atoms with Gasteiger partial charge in [-0.05, 0) is 179 Å². The fourth-order valence-electron chi connectivity index (χ4n) is 14.6. The summed E-state index contributed by atoms with van der Waals surface area (Å²) < 4.78 is 2.51. The van der Waals surface area contributed by atoms with Crippen molar-refractivity contribution in [1.29, 1.82) is 0 Å². The second kappa shape index (κ2) is 22.8. The summed E-state index contributed by atoms with van der Waals surface area (Å²) >= 11 is 0. The molecule has 0 radical (unpaired) electrons. The van der Waals surface area contributed by atoms with Gasteiger partial charge in [-0.15, -0.1) is 0 Å². The number of hydrogen-bond donors (Lipinski definition) is 0. The second-order valence-corrected chi connectivity index (χ2v) is 23.6. The summed E-state index contributed by atoms with van der Waals surface area (Å²) in [6.45, 7) is 0. The Labute approximate surface area is 536 Å². The summed E-state index contributed by atoms with van der Waals surface area (Å²) in [5.74, 6) is 0. The van der Waals surface area contributed by atoms with Crippen molar-refractivity contribution in [3.05, 3.63) is 392 Å². The summed E-state index contributed by atoms with van der Waals surface area (Å²) in [5.41, 5.74) is 20.6. The van der Waals surface area contributed by atoms with Crippen molar-refractivity contribution in [1.82, 2.24) is 4.57 Å². The Hall–Kier alpha value is -12.2. The van der Waals surface area contributed by atoms with Crippen LogP contribution in [0.4, 0.5) is 68.2 Å². The van der Waals surface area contributed by atoms with Crippen molar-refractivity contribution >= 4 is 112 Å². The summed E-state index contributed by atoms with van der Waals surface area (Å²) in [6.07, 6.45) is 0. The fourth-order valence-corrected chi connectivity index (χ4v) is 14.6. The van der Waals surface area contributed by atoms with Crippen LogP contribution in [0.3, 0.4) is 0 Å². The van der Waals surface area contributed by atoms with Crippen molar-refractivity contribution < 1.29 is 0 Å². The lowest BCUT2D eigenvalue weighted by molar-refractivity contribution is 0.728. The predicted octanol–water partition coefficient (Wildman–Crippen LogP) is 23.7. The largest absolute Gasteiger partial charge is 0.311 e. The van der Waals surface area contributed by atoms with Crippen LogP contribution in [0.2, 0.25) is 0 Å². The number of aromatic nitrogens is 1. The van der Waals surface area contributed by atoms with Crippen LogP contribution in [0.15, 0.2) is 370 Å². The summed E-state index contributed by atoms with van der Waals surface area (Å²) in [4.78, 5) is 9.49. The quantitative estimate of drug-likeness (QED) is 0.108. The number of rotatable bonds is 14. The van der Waals surface area contributed by atoms with Gasteiger partial charge in [-0.2, -0.15) is 0 Å². The van der Waals surface area contributed by atoms with Crippen LogP contribution in [0.25, 0.3) is 49.0 Å². The molecule has 0 saturated carbocycles. The first-order valence-electron chi connectivity index (χ1n) is 31.6. The average Bonchev–Trinajstić information content (AvgIpc) is 1.39.